The van der Waals surface area contributed by atoms with Crippen LogP contribution in [0.3, 0.4) is 0 Å². The maximum absolute atomic E-state index is 5.92. The molecular weight excluding hydrogens is 354 g/mol. The van der Waals surface area contributed by atoms with E-state index in [0.29, 0.717) is 30.7 Å². The Morgan fingerprint density at radius 2 is 2.32 bits per heavy atom. The molecule has 0 amide bonds. The van der Waals surface area contributed by atoms with Crippen molar-refractivity contribution in [2.75, 3.05) is 19.8 Å². The molecule has 1 aromatic rings. The average molecular weight is 388 g/mol. The van der Waals surface area contributed by atoms with E-state index >= 15 is 0 Å². The van der Waals surface area contributed by atoms with Gasteiger partial charge < -0.3 is 14.9 Å². The summed E-state index contributed by atoms with van der Waals surface area (Å²) < 4.78 is 11.4. The first-order chi connectivity index (χ1) is 13.7. The fourth-order valence-corrected chi connectivity index (χ4v) is 3.16. The van der Waals surface area contributed by atoms with Gasteiger partial charge in [-0.3, -0.25) is 15.0 Å². The summed E-state index contributed by atoms with van der Waals surface area (Å²) in [5.41, 5.74) is 6.07. The first-order valence-electron chi connectivity index (χ1n) is 10.1. The van der Waals surface area contributed by atoms with Crippen molar-refractivity contribution in [1.29, 1.82) is 0 Å². The number of nitrogens with two attached hydrogens (primary N) is 1. The van der Waals surface area contributed by atoms with Crippen molar-refractivity contribution in [3.63, 3.8) is 0 Å². The number of hydrogen-bond acceptors (Lipinski definition) is 6. The van der Waals surface area contributed by atoms with Gasteiger partial charge in [-0.15, -0.1) is 0 Å². The zero-order valence-corrected chi connectivity index (χ0v) is 17.1. The normalized spacial score (nSPS) is 17.6. The van der Waals surface area contributed by atoms with Crippen LogP contribution in [0.2, 0.25) is 0 Å². The minimum absolute atomic E-state index is 0.313. The second kappa shape index (κ2) is 12.3. The van der Waals surface area contributed by atoms with Gasteiger partial charge in [0.15, 0.2) is 11.6 Å². The van der Waals surface area contributed by atoms with Crippen molar-refractivity contribution in [3.8, 4) is 0 Å². The molecule has 7 heteroatoms. The van der Waals surface area contributed by atoms with E-state index in [1.54, 1.807) is 0 Å². The number of pyridine rings is 1. The Morgan fingerprint density at radius 1 is 1.46 bits per heavy atom. The summed E-state index contributed by atoms with van der Waals surface area (Å²) in [4.78, 5) is 12.8. The first-order valence-corrected chi connectivity index (χ1v) is 10.1. The smallest absolute Gasteiger partial charge is 0.181 e. The Balaban J connectivity index is 2.08. The van der Waals surface area contributed by atoms with Gasteiger partial charge >= 0.3 is 0 Å². The molecule has 1 fully saturated rings. The number of nitrogens with one attached hydrogen (secondary N) is 1. The lowest BCUT2D eigenvalue weighted by molar-refractivity contribution is 0.185. The molecule has 154 valence electrons. The molecule has 1 saturated heterocycles. The molecule has 1 aliphatic heterocycles. The summed E-state index contributed by atoms with van der Waals surface area (Å²) in [6.07, 6.45) is 8.61. The maximum atomic E-state index is 5.92. The molecule has 3 N–H and O–H groups in total. The highest BCUT2D eigenvalue weighted by atomic mass is 16.5. The van der Waals surface area contributed by atoms with E-state index in [-0.39, 0.29) is 0 Å². The molecule has 7 nitrogen and oxygen atoms in total. The summed E-state index contributed by atoms with van der Waals surface area (Å²) in [5, 5.41) is 0. The van der Waals surface area contributed by atoms with Crippen molar-refractivity contribution < 1.29 is 9.47 Å². The zero-order valence-electron chi connectivity index (χ0n) is 17.1. The summed E-state index contributed by atoms with van der Waals surface area (Å²) in [7, 11) is 0. The van der Waals surface area contributed by atoms with Crippen LogP contribution in [0, 0.1) is 5.92 Å². The minimum atomic E-state index is 0.313. The van der Waals surface area contributed by atoms with Crippen LogP contribution in [0.15, 0.2) is 34.2 Å². The monoisotopic (exact) mass is 387 g/mol. The highest BCUT2D eigenvalue weighted by Crippen LogP contribution is 2.22. The number of amidine groups is 1. The van der Waals surface area contributed by atoms with Gasteiger partial charge in [0, 0.05) is 26.0 Å². The molecule has 1 aliphatic rings. The van der Waals surface area contributed by atoms with E-state index in [1.165, 1.54) is 17.3 Å². The molecule has 0 bridgehead atoms. The van der Waals surface area contributed by atoms with E-state index in [2.05, 4.69) is 47.0 Å². The quantitative estimate of drug-likeness (QED) is 0.152. The fourth-order valence-electron chi connectivity index (χ4n) is 3.16. The number of ether oxygens (including phenoxy) is 2. The Labute approximate surface area is 168 Å². The third-order valence-electron chi connectivity index (χ3n) is 4.79. The Morgan fingerprint density at radius 3 is 2.96 bits per heavy atom. The van der Waals surface area contributed by atoms with Crippen LogP contribution in [0.25, 0.3) is 0 Å². The average Bonchev–Trinajstić information content (AvgIpc) is 3.22. The van der Waals surface area contributed by atoms with E-state index < -0.39 is 0 Å². The third-order valence-corrected chi connectivity index (χ3v) is 4.79. The van der Waals surface area contributed by atoms with Gasteiger partial charge in [0.25, 0.3) is 0 Å². The summed E-state index contributed by atoms with van der Waals surface area (Å²) in [5.74, 6) is 7.13. The third kappa shape index (κ3) is 6.73. The fraction of sp³-hybridized carbons (Fsp3) is 0.571. The van der Waals surface area contributed by atoms with Gasteiger partial charge in [-0.1, -0.05) is 20.3 Å². The number of aromatic nitrogens is 1. The second-order valence-corrected chi connectivity index (χ2v) is 6.92. The molecular formula is C21H33N5O2. The number of hydrazine groups is 1. The highest BCUT2D eigenvalue weighted by molar-refractivity contribution is 5.96. The predicted molar refractivity (Wildman–Crippen MR) is 113 cm³/mol. The summed E-state index contributed by atoms with van der Waals surface area (Å²) in [6.45, 7) is 10.5. The molecule has 0 aliphatic carbocycles. The molecule has 1 unspecified atom stereocenters. The lowest BCUT2D eigenvalue weighted by Crippen LogP contribution is -2.33. The molecule has 2 heterocycles. The van der Waals surface area contributed by atoms with E-state index in [1.807, 2.05) is 6.20 Å². The topological polar surface area (TPSA) is 94.1 Å². The number of unbranched alkanes of at least 4 members (excludes halogenated alkanes) is 1. The highest BCUT2D eigenvalue weighted by Gasteiger charge is 2.18. The lowest BCUT2D eigenvalue weighted by atomic mass is 9.95. The van der Waals surface area contributed by atoms with Crippen molar-refractivity contribution in [2.45, 2.75) is 52.6 Å². The van der Waals surface area contributed by atoms with Crippen LogP contribution >= 0.6 is 0 Å². The SMILES string of the molecule is C=N/C=C(/OCc1cc(CC2CCOC2)c(CC)cn1)C(=NCCCC)NN. The molecule has 1 aromatic heterocycles. The maximum Gasteiger partial charge on any atom is 0.181 e. The Kier molecular flexibility index (Phi) is 9.65. The van der Waals surface area contributed by atoms with E-state index in [0.717, 1.165) is 51.0 Å². The van der Waals surface area contributed by atoms with Crippen LogP contribution in [0.1, 0.15) is 49.9 Å². The van der Waals surface area contributed by atoms with Crippen LogP contribution in [-0.4, -0.2) is 37.3 Å². The molecule has 0 aromatic carbocycles. The van der Waals surface area contributed by atoms with Crippen molar-refractivity contribution in [2.24, 2.45) is 21.7 Å². The largest absolute Gasteiger partial charge is 0.482 e. The Bertz CT molecular complexity index is 681. The van der Waals surface area contributed by atoms with Gasteiger partial charge in [-0.2, -0.15) is 0 Å². The van der Waals surface area contributed by atoms with Crippen molar-refractivity contribution in [1.82, 2.24) is 10.4 Å². The molecule has 0 saturated carbocycles. The number of aryl methyl sites for hydroxylation is 1. The van der Waals surface area contributed by atoms with E-state index in [9.17, 15) is 0 Å². The van der Waals surface area contributed by atoms with Crippen molar-refractivity contribution >= 4 is 12.6 Å². The van der Waals surface area contributed by atoms with Gasteiger partial charge in [-0.05, 0) is 55.5 Å². The van der Waals surface area contributed by atoms with Gasteiger partial charge in [0.2, 0.25) is 0 Å². The summed E-state index contributed by atoms with van der Waals surface area (Å²) in [6, 6.07) is 2.14. The number of rotatable bonds is 11. The van der Waals surface area contributed by atoms with E-state index in [4.69, 9.17) is 15.3 Å². The van der Waals surface area contributed by atoms with Crippen molar-refractivity contribution in [3.05, 3.63) is 41.0 Å². The molecule has 0 radical (unpaired) electrons. The molecule has 2 rings (SSSR count). The summed E-state index contributed by atoms with van der Waals surface area (Å²) >= 11 is 0. The van der Waals surface area contributed by atoms with Gasteiger partial charge in [0.1, 0.15) is 6.61 Å². The number of hydrogen-bond donors (Lipinski definition) is 2. The Hall–Kier alpha value is -2.25. The zero-order chi connectivity index (χ0) is 20.2. The van der Waals surface area contributed by atoms with Gasteiger partial charge in [0.05, 0.1) is 11.9 Å². The van der Waals surface area contributed by atoms with Crippen LogP contribution in [0.5, 0.6) is 0 Å². The number of aliphatic imine (C=N–C) groups is 2. The van der Waals surface area contributed by atoms with Crippen LogP contribution < -0.4 is 11.3 Å². The van der Waals surface area contributed by atoms with Gasteiger partial charge in [-0.25, -0.2) is 5.84 Å². The van der Waals surface area contributed by atoms with Crippen LogP contribution in [-0.2, 0) is 28.9 Å². The minimum Gasteiger partial charge on any atom is -0.482 e. The molecule has 1 atom stereocenters. The molecule has 0 spiro atoms. The lowest BCUT2D eigenvalue weighted by Gasteiger charge is -2.15. The standard InChI is InChI=1S/C21H33N5O2/c1-4-6-8-24-21(26-22)20(13-23-3)28-15-19-11-18(17(5-2)12-25-19)10-16-7-9-27-14-16/h11-13,16H,3-10,14-15,22H2,1-2H3,(H,24,26)/b20-13+. The van der Waals surface area contributed by atoms with Crippen LogP contribution in [0.4, 0.5) is 0 Å². The first kappa shape index (κ1) is 22.0. The molecule has 28 heavy (non-hydrogen) atoms. The predicted octanol–water partition coefficient (Wildman–Crippen LogP) is 2.94. The number of nitrogens with zero attached hydrogens (tertiary/aromatic N) is 3. The second-order valence-electron chi connectivity index (χ2n) is 6.92.